The van der Waals surface area contributed by atoms with Crippen LogP contribution in [0.3, 0.4) is 0 Å². The van der Waals surface area contributed by atoms with Gasteiger partial charge in [0.25, 0.3) is 0 Å². The number of hydrogen-bond donors (Lipinski definition) is 0. The Labute approximate surface area is 87.3 Å². The minimum atomic E-state index is 1.07. The summed E-state index contributed by atoms with van der Waals surface area (Å²) in [4.78, 5) is 5.36. The lowest BCUT2D eigenvalue weighted by Crippen LogP contribution is -2.47. The van der Waals surface area contributed by atoms with Gasteiger partial charge in [-0.15, -0.1) is 0 Å². The Morgan fingerprint density at radius 2 is 1.00 bits per heavy atom. The Hall–Kier alpha value is -0.0800. The topological polar surface area (TPSA) is 6.48 Å². The first-order valence-electron chi connectivity index (χ1n) is 6.35. The molecule has 2 aliphatic carbocycles. The molecule has 0 atom stereocenters. The van der Waals surface area contributed by atoms with Gasteiger partial charge >= 0.3 is 0 Å². The average molecular weight is 194 g/mol. The van der Waals surface area contributed by atoms with E-state index in [2.05, 4.69) is 9.80 Å². The Morgan fingerprint density at radius 1 is 0.643 bits per heavy atom. The maximum Gasteiger partial charge on any atom is 0.0110 e. The second kappa shape index (κ2) is 3.82. The zero-order chi connectivity index (χ0) is 9.38. The summed E-state index contributed by atoms with van der Waals surface area (Å²) in [6.45, 7) is 8.15. The molecule has 0 aromatic rings. The highest BCUT2D eigenvalue weighted by atomic mass is 15.3. The SMILES string of the molecule is C1CC1CN1CCN(CC2CC2)CC1. The van der Waals surface area contributed by atoms with Gasteiger partial charge in [-0.05, 0) is 37.5 Å². The molecule has 3 fully saturated rings. The van der Waals surface area contributed by atoms with Crippen LogP contribution in [0.25, 0.3) is 0 Å². The maximum atomic E-state index is 2.68. The average Bonchev–Trinajstić information content (AvgIpc) is 3.02. The summed E-state index contributed by atoms with van der Waals surface area (Å²) in [5, 5.41) is 0. The number of hydrogen-bond acceptors (Lipinski definition) is 2. The molecule has 0 aromatic heterocycles. The monoisotopic (exact) mass is 194 g/mol. The van der Waals surface area contributed by atoms with E-state index >= 15 is 0 Å². The van der Waals surface area contributed by atoms with Crippen LogP contribution in [0.4, 0.5) is 0 Å². The van der Waals surface area contributed by atoms with Crippen molar-refractivity contribution in [2.45, 2.75) is 25.7 Å². The predicted molar refractivity (Wildman–Crippen MR) is 58.3 cm³/mol. The summed E-state index contributed by atoms with van der Waals surface area (Å²) in [6.07, 6.45) is 6.01. The maximum absolute atomic E-state index is 2.68. The molecule has 0 amide bonds. The van der Waals surface area contributed by atoms with Crippen molar-refractivity contribution in [3.05, 3.63) is 0 Å². The third-order valence-electron chi connectivity index (χ3n) is 3.89. The molecular weight excluding hydrogens is 172 g/mol. The largest absolute Gasteiger partial charge is 0.301 e. The van der Waals surface area contributed by atoms with Crippen LogP contribution in [-0.2, 0) is 0 Å². The Bertz CT molecular complexity index is 166. The smallest absolute Gasteiger partial charge is 0.0110 e. The van der Waals surface area contributed by atoms with E-state index in [4.69, 9.17) is 0 Å². The van der Waals surface area contributed by atoms with Crippen LogP contribution in [0.2, 0.25) is 0 Å². The molecule has 80 valence electrons. The Morgan fingerprint density at radius 3 is 1.29 bits per heavy atom. The van der Waals surface area contributed by atoms with Gasteiger partial charge in [0.05, 0.1) is 0 Å². The highest BCUT2D eigenvalue weighted by Crippen LogP contribution is 2.31. The molecule has 3 aliphatic rings. The number of rotatable bonds is 4. The lowest BCUT2D eigenvalue weighted by molar-refractivity contribution is 0.125. The van der Waals surface area contributed by atoms with Crippen LogP contribution in [0.5, 0.6) is 0 Å². The van der Waals surface area contributed by atoms with Crippen LogP contribution in [0.1, 0.15) is 25.7 Å². The minimum absolute atomic E-state index is 1.07. The molecule has 3 rings (SSSR count). The van der Waals surface area contributed by atoms with Crippen LogP contribution in [0.15, 0.2) is 0 Å². The van der Waals surface area contributed by atoms with Gasteiger partial charge in [-0.25, -0.2) is 0 Å². The normalized spacial score (nSPS) is 30.9. The van der Waals surface area contributed by atoms with Gasteiger partial charge in [-0.2, -0.15) is 0 Å². The van der Waals surface area contributed by atoms with E-state index in [0.717, 1.165) is 11.8 Å². The molecule has 0 spiro atoms. The van der Waals surface area contributed by atoms with Crippen LogP contribution < -0.4 is 0 Å². The van der Waals surface area contributed by atoms with Crippen molar-refractivity contribution in [3.8, 4) is 0 Å². The van der Waals surface area contributed by atoms with Crippen molar-refractivity contribution in [1.29, 1.82) is 0 Å². The van der Waals surface area contributed by atoms with E-state index in [-0.39, 0.29) is 0 Å². The van der Waals surface area contributed by atoms with E-state index in [9.17, 15) is 0 Å². The summed E-state index contributed by atoms with van der Waals surface area (Å²) in [6, 6.07) is 0. The second-order valence-corrected chi connectivity index (χ2v) is 5.49. The molecule has 0 radical (unpaired) electrons. The van der Waals surface area contributed by atoms with E-state index in [0.29, 0.717) is 0 Å². The van der Waals surface area contributed by atoms with Crippen molar-refractivity contribution >= 4 is 0 Å². The third kappa shape index (κ3) is 2.48. The summed E-state index contributed by atoms with van der Waals surface area (Å²) in [7, 11) is 0. The number of nitrogens with zero attached hydrogens (tertiary/aromatic N) is 2. The van der Waals surface area contributed by atoms with Gasteiger partial charge in [0, 0.05) is 39.3 Å². The van der Waals surface area contributed by atoms with E-state index in [1.165, 1.54) is 65.0 Å². The van der Waals surface area contributed by atoms with Crippen LogP contribution in [0, 0.1) is 11.8 Å². The van der Waals surface area contributed by atoms with Crippen LogP contribution in [-0.4, -0.2) is 49.1 Å². The first-order valence-corrected chi connectivity index (χ1v) is 6.35. The molecule has 0 unspecified atom stereocenters. The molecule has 2 heteroatoms. The third-order valence-corrected chi connectivity index (χ3v) is 3.89. The molecule has 14 heavy (non-hydrogen) atoms. The molecule has 0 N–H and O–H groups in total. The quantitative estimate of drug-likeness (QED) is 0.668. The summed E-state index contributed by atoms with van der Waals surface area (Å²) in [5.74, 6) is 2.15. The Kier molecular flexibility index (Phi) is 2.50. The molecule has 2 saturated carbocycles. The minimum Gasteiger partial charge on any atom is -0.301 e. The van der Waals surface area contributed by atoms with Crippen LogP contribution >= 0.6 is 0 Å². The molecule has 1 heterocycles. The summed E-state index contributed by atoms with van der Waals surface area (Å²) < 4.78 is 0. The summed E-state index contributed by atoms with van der Waals surface area (Å²) in [5.41, 5.74) is 0. The summed E-state index contributed by atoms with van der Waals surface area (Å²) >= 11 is 0. The zero-order valence-electron chi connectivity index (χ0n) is 9.12. The Balaban J connectivity index is 1.37. The van der Waals surface area contributed by atoms with E-state index < -0.39 is 0 Å². The van der Waals surface area contributed by atoms with Crippen molar-refractivity contribution in [3.63, 3.8) is 0 Å². The van der Waals surface area contributed by atoms with Gasteiger partial charge < -0.3 is 9.80 Å². The molecular formula is C12H22N2. The molecule has 0 bridgehead atoms. The molecule has 1 aliphatic heterocycles. The fraction of sp³-hybridized carbons (Fsp3) is 1.00. The van der Waals surface area contributed by atoms with Crippen molar-refractivity contribution < 1.29 is 0 Å². The van der Waals surface area contributed by atoms with E-state index in [1.807, 2.05) is 0 Å². The lowest BCUT2D eigenvalue weighted by Gasteiger charge is -2.34. The second-order valence-electron chi connectivity index (χ2n) is 5.49. The van der Waals surface area contributed by atoms with Crippen molar-refractivity contribution in [2.75, 3.05) is 39.3 Å². The fourth-order valence-corrected chi connectivity index (χ4v) is 2.49. The van der Waals surface area contributed by atoms with Gasteiger partial charge in [-0.1, -0.05) is 0 Å². The fourth-order valence-electron chi connectivity index (χ4n) is 2.49. The molecule has 2 nitrogen and oxygen atoms in total. The van der Waals surface area contributed by atoms with Crippen molar-refractivity contribution in [2.24, 2.45) is 11.8 Å². The van der Waals surface area contributed by atoms with Gasteiger partial charge in [0.1, 0.15) is 0 Å². The first kappa shape index (κ1) is 9.17. The highest BCUT2D eigenvalue weighted by molar-refractivity contribution is 4.83. The lowest BCUT2D eigenvalue weighted by atomic mass is 10.2. The van der Waals surface area contributed by atoms with Gasteiger partial charge in [-0.3, -0.25) is 0 Å². The van der Waals surface area contributed by atoms with Gasteiger partial charge in [0.2, 0.25) is 0 Å². The number of piperazine rings is 1. The molecule has 1 saturated heterocycles. The molecule has 0 aromatic carbocycles. The zero-order valence-corrected chi connectivity index (χ0v) is 9.12. The van der Waals surface area contributed by atoms with Crippen molar-refractivity contribution in [1.82, 2.24) is 9.80 Å². The van der Waals surface area contributed by atoms with Gasteiger partial charge in [0.15, 0.2) is 0 Å². The highest BCUT2D eigenvalue weighted by Gasteiger charge is 2.28. The standard InChI is InChI=1S/C12H22N2/c1-2-11(1)9-13-5-7-14(8-6-13)10-12-3-4-12/h11-12H,1-10H2. The van der Waals surface area contributed by atoms with E-state index in [1.54, 1.807) is 0 Å². The first-order chi connectivity index (χ1) is 6.90. The predicted octanol–water partition coefficient (Wildman–Crippen LogP) is 1.42.